The summed E-state index contributed by atoms with van der Waals surface area (Å²) in [4.78, 5) is 27.0. The quantitative estimate of drug-likeness (QED) is 0.695. The van der Waals surface area contributed by atoms with Gasteiger partial charge in [-0.3, -0.25) is 9.59 Å². The van der Waals surface area contributed by atoms with Gasteiger partial charge in [-0.25, -0.2) is 13.8 Å². The summed E-state index contributed by atoms with van der Waals surface area (Å²) in [5, 5.41) is 12.4. The molecule has 3 heterocycles. The molecule has 0 aliphatic carbocycles. The van der Waals surface area contributed by atoms with Gasteiger partial charge in [0.1, 0.15) is 17.7 Å². The molecule has 0 saturated carbocycles. The predicted octanol–water partition coefficient (Wildman–Crippen LogP) is 1.37. The number of aromatic nitrogens is 5. The highest BCUT2D eigenvalue weighted by Crippen LogP contribution is 2.16. The number of carbonyl (C=O) groups excluding carboxylic acids is 1. The number of hydrogen-bond donors (Lipinski definition) is 0. The Morgan fingerprint density at radius 2 is 2.07 bits per heavy atom. The van der Waals surface area contributed by atoms with Crippen molar-refractivity contribution >= 4 is 16.9 Å². The highest BCUT2D eigenvalue weighted by molar-refractivity contribution is 5.77. The Hall–Kier alpha value is -3.10. The lowest BCUT2D eigenvalue weighted by atomic mass is 10.0. The zero-order valence-electron chi connectivity index (χ0n) is 14.9. The lowest BCUT2D eigenvalue weighted by molar-refractivity contribution is -0.133. The molecule has 1 aliphatic heterocycles. The highest BCUT2D eigenvalue weighted by Gasteiger charge is 2.22. The molecule has 1 amide bonds. The second-order valence-electron chi connectivity index (χ2n) is 6.91. The lowest BCUT2D eigenvalue weighted by Gasteiger charge is -2.30. The Morgan fingerprint density at radius 3 is 2.81 bits per heavy atom. The molecule has 1 atom stereocenters. The van der Waals surface area contributed by atoms with Crippen LogP contribution >= 0.6 is 0 Å². The molecule has 27 heavy (non-hydrogen) atoms. The molecule has 8 nitrogen and oxygen atoms in total. The third-order valence-corrected chi connectivity index (χ3v) is 4.82. The normalized spacial score (nSPS) is 17.4. The van der Waals surface area contributed by atoms with Crippen molar-refractivity contribution in [3.63, 3.8) is 0 Å². The molecule has 140 valence electrons. The minimum absolute atomic E-state index is 0.136. The summed E-state index contributed by atoms with van der Waals surface area (Å²) >= 11 is 0. The van der Waals surface area contributed by atoms with Crippen molar-refractivity contribution in [2.45, 2.75) is 26.3 Å². The van der Waals surface area contributed by atoms with E-state index in [0.717, 1.165) is 17.5 Å². The number of fused-ring (bicyclic) bond motifs is 1. The largest absolute Gasteiger partial charge is 0.341 e. The molecule has 2 aromatic heterocycles. The molecule has 0 spiro atoms. The fraction of sp³-hybridized carbons (Fsp3) is 0.389. The zero-order chi connectivity index (χ0) is 19.0. The molecule has 1 saturated heterocycles. The minimum atomic E-state index is -0.424. The number of likely N-dealkylation sites (tertiary alicyclic amines) is 1. The van der Waals surface area contributed by atoms with Gasteiger partial charge >= 0.3 is 0 Å². The predicted molar refractivity (Wildman–Crippen MR) is 95.9 cm³/mol. The van der Waals surface area contributed by atoms with Gasteiger partial charge in [0, 0.05) is 13.1 Å². The van der Waals surface area contributed by atoms with Gasteiger partial charge in [-0.1, -0.05) is 12.1 Å². The molecule has 1 fully saturated rings. The van der Waals surface area contributed by atoms with Gasteiger partial charge in [0.05, 0.1) is 11.9 Å². The maximum absolute atomic E-state index is 13.1. The van der Waals surface area contributed by atoms with Crippen molar-refractivity contribution in [3.8, 4) is 5.69 Å². The van der Waals surface area contributed by atoms with E-state index in [2.05, 4.69) is 22.3 Å². The van der Waals surface area contributed by atoms with Crippen molar-refractivity contribution in [3.05, 3.63) is 46.6 Å². The number of amides is 1. The number of halogens is 1. The number of piperidine rings is 1. The topological polar surface area (TPSA) is 85.9 Å². The third kappa shape index (κ3) is 3.32. The Kier molecular flexibility index (Phi) is 4.43. The Balaban J connectivity index is 1.62. The van der Waals surface area contributed by atoms with Crippen LogP contribution in [0.5, 0.6) is 0 Å². The van der Waals surface area contributed by atoms with Gasteiger partial charge < -0.3 is 4.90 Å². The van der Waals surface area contributed by atoms with E-state index in [-0.39, 0.29) is 29.3 Å². The van der Waals surface area contributed by atoms with E-state index in [1.807, 2.05) is 0 Å². The molecule has 4 rings (SSSR count). The van der Waals surface area contributed by atoms with Crippen LogP contribution in [0.25, 0.3) is 16.7 Å². The van der Waals surface area contributed by atoms with E-state index in [1.54, 1.807) is 4.90 Å². The van der Waals surface area contributed by atoms with Crippen molar-refractivity contribution < 1.29 is 9.18 Å². The standard InChI is InChI=1S/C18H19FN6O2/c1-12-3-2-8-23(10-12)16(26)11-24-18(27)15-9-20-25(17(15)21-22-24)14-6-4-13(19)5-7-14/h4-7,9,12H,2-3,8,10-11H2,1H3. The molecular formula is C18H19FN6O2. The first-order valence-corrected chi connectivity index (χ1v) is 8.88. The molecule has 1 aromatic carbocycles. The average Bonchev–Trinajstić information content (AvgIpc) is 3.09. The van der Waals surface area contributed by atoms with E-state index in [9.17, 15) is 14.0 Å². The zero-order valence-corrected chi connectivity index (χ0v) is 14.9. The molecular weight excluding hydrogens is 351 g/mol. The van der Waals surface area contributed by atoms with Gasteiger partial charge in [-0.05, 0) is 43.0 Å². The molecule has 1 unspecified atom stereocenters. The monoisotopic (exact) mass is 370 g/mol. The van der Waals surface area contributed by atoms with Crippen molar-refractivity contribution in [2.75, 3.05) is 13.1 Å². The van der Waals surface area contributed by atoms with Crippen LogP contribution in [0.2, 0.25) is 0 Å². The van der Waals surface area contributed by atoms with Crippen LogP contribution in [-0.2, 0) is 11.3 Å². The molecule has 1 aliphatic rings. The lowest BCUT2D eigenvalue weighted by Crippen LogP contribution is -2.42. The summed E-state index contributed by atoms with van der Waals surface area (Å²) in [6.07, 6.45) is 3.47. The van der Waals surface area contributed by atoms with Crippen molar-refractivity contribution in [1.82, 2.24) is 29.7 Å². The van der Waals surface area contributed by atoms with Crippen LogP contribution in [0.15, 0.2) is 35.3 Å². The number of rotatable bonds is 3. The molecule has 0 radical (unpaired) electrons. The Bertz CT molecular complexity index is 1040. The average molecular weight is 370 g/mol. The van der Waals surface area contributed by atoms with E-state index >= 15 is 0 Å². The summed E-state index contributed by atoms with van der Waals surface area (Å²) in [6, 6.07) is 5.68. The second kappa shape index (κ2) is 6.90. The summed E-state index contributed by atoms with van der Waals surface area (Å²) in [5.41, 5.74) is 0.407. The fourth-order valence-corrected chi connectivity index (χ4v) is 3.38. The first kappa shape index (κ1) is 17.3. The van der Waals surface area contributed by atoms with Gasteiger partial charge in [0.25, 0.3) is 5.56 Å². The maximum Gasteiger partial charge on any atom is 0.281 e. The van der Waals surface area contributed by atoms with Gasteiger partial charge in [0.2, 0.25) is 5.91 Å². The molecule has 9 heteroatoms. The first-order chi connectivity index (χ1) is 13.0. The van der Waals surface area contributed by atoms with Crippen LogP contribution in [0.3, 0.4) is 0 Å². The van der Waals surface area contributed by atoms with Crippen LogP contribution in [0.1, 0.15) is 19.8 Å². The Labute approximate surface area is 154 Å². The molecule has 0 N–H and O–H groups in total. The number of carbonyl (C=O) groups is 1. The summed E-state index contributed by atoms with van der Waals surface area (Å²) in [7, 11) is 0. The smallest absolute Gasteiger partial charge is 0.281 e. The van der Waals surface area contributed by atoms with Gasteiger partial charge in [0.15, 0.2) is 5.65 Å². The summed E-state index contributed by atoms with van der Waals surface area (Å²) < 4.78 is 15.6. The Morgan fingerprint density at radius 1 is 1.30 bits per heavy atom. The van der Waals surface area contributed by atoms with E-state index in [1.165, 1.54) is 35.1 Å². The van der Waals surface area contributed by atoms with Crippen LogP contribution < -0.4 is 5.56 Å². The van der Waals surface area contributed by atoms with Crippen molar-refractivity contribution in [1.29, 1.82) is 0 Å². The van der Waals surface area contributed by atoms with Crippen molar-refractivity contribution in [2.24, 2.45) is 5.92 Å². The SMILES string of the molecule is CC1CCCN(C(=O)Cn2nnc3c(cnn3-c3ccc(F)cc3)c2=O)C1. The fourth-order valence-electron chi connectivity index (χ4n) is 3.38. The third-order valence-electron chi connectivity index (χ3n) is 4.82. The van der Waals surface area contributed by atoms with E-state index in [4.69, 9.17) is 0 Å². The number of nitrogens with zero attached hydrogens (tertiary/aromatic N) is 6. The van der Waals surface area contributed by atoms with E-state index in [0.29, 0.717) is 24.7 Å². The first-order valence-electron chi connectivity index (χ1n) is 8.88. The highest BCUT2D eigenvalue weighted by atomic mass is 19.1. The maximum atomic E-state index is 13.1. The van der Waals surface area contributed by atoms with Crippen LogP contribution in [0.4, 0.5) is 4.39 Å². The van der Waals surface area contributed by atoms with E-state index < -0.39 is 5.56 Å². The van der Waals surface area contributed by atoms with Crippen LogP contribution in [0, 0.1) is 11.7 Å². The van der Waals surface area contributed by atoms with Crippen LogP contribution in [-0.4, -0.2) is 48.7 Å². The summed E-state index contributed by atoms with van der Waals surface area (Å²) in [5.74, 6) is -0.0423. The molecule has 0 bridgehead atoms. The second-order valence-corrected chi connectivity index (χ2v) is 6.91. The molecule has 3 aromatic rings. The minimum Gasteiger partial charge on any atom is -0.341 e. The number of benzene rings is 1. The van der Waals surface area contributed by atoms with Gasteiger partial charge in [-0.15, -0.1) is 5.10 Å². The number of hydrogen-bond acceptors (Lipinski definition) is 5. The van der Waals surface area contributed by atoms with Gasteiger partial charge in [-0.2, -0.15) is 5.10 Å². The summed E-state index contributed by atoms with van der Waals surface area (Å²) in [6.45, 7) is 3.37.